The third-order valence-corrected chi connectivity index (χ3v) is 3.52. The summed E-state index contributed by atoms with van der Waals surface area (Å²) in [6.45, 7) is 6.05. The van der Waals surface area contributed by atoms with Crippen LogP contribution in [-0.2, 0) is 6.61 Å². The van der Waals surface area contributed by atoms with Crippen molar-refractivity contribution in [2.75, 3.05) is 0 Å². The largest absolute Gasteiger partial charge is 0.489 e. The zero-order valence-electron chi connectivity index (χ0n) is 12.4. The molecule has 0 fully saturated rings. The highest BCUT2D eigenvalue weighted by Gasteiger charge is 2.14. The van der Waals surface area contributed by atoms with Crippen LogP contribution >= 0.6 is 0 Å². The van der Waals surface area contributed by atoms with Crippen molar-refractivity contribution < 1.29 is 19.2 Å². The van der Waals surface area contributed by atoms with Crippen molar-refractivity contribution in [2.45, 2.75) is 27.4 Å². The van der Waals surface area contributed by atoms with E-state index < -0.39 is 12.9 Å². The summed E-state index contributed by atoms with van der Waals surface area (Å²) in [5, 5.41) is 18.0. The molecule has 0 atom stereocenters. The smallest absolute Gasteiger partial charge is 0.488 e. The van der Waals surface area contributed by atoms with Crippen molar-refractivity contribution in [1.29, 1.82) is 0 Å². The minimum absolute atomic E-state index is 0.0946. The molecule has 2 aromatic rings. The van der Waals surface area contributed by atoms with E-state index in [2.05, 4.69) is 6.07 Å². The highest BCUT2D eigenvalue weighted by Crippen LogP contribution is 2.24. The Morgan fingerprint density at radius 2 is 1.81 bits per heavy atom. The van der Waals surface area contributed by atoms with Crippen LogP contribution in [0.4, 0.5) is 4.39 Å². The molecule has 2 N–H and O–H groups in total. The number of hydrogen-bond acceptors (Lipinski definition) is 3. The van der Waals surface area contributed by atoms with Gasteiger partial charge in [-0.2, -0.15) is 0 Å². The molecule has 0 bridgehead atoms. The van der Waals surface area contributed by atoms with E-state index in [-0.39, 0.29) is 12.1 Å². The number of hydrogen-bond donors (Lipinski definition) is 2. The van der Waals surface area contributed by atoms with Gasteiger partial charge in [0.2, 0.25) is 0 Å². The molecule has 0 aliphatic carbocycles. The first-order chi connectivity index (χ1) is 9.88. The molecule has 0 saturated heterocycles. The molecule has 0 saturated carbocycles. The van der Waals surface area contributed by atoms with E-state index in [1.165, 1.54) is 12.1 Å². The van der Waals surface area contributed by atoms with Crippen molar-refractivity contribution in [1.82, 2.24) is 0 Å². The lowest BCUT2D eigenvalue weighted by Gasteiger charge is -2.13. The van der Waals surface area contributed by atoms with E-state index >= 15 is 0 Å². The van der Waals surface area contributed by atoms with Crippen LogP contribution in [-0.4, -0.2) is 17.2 Å². The fourth-order valence-electron chi connectivity index (χ4n) is 2.15. The van der Waals surface area contributed by atoms with Crippen molar-refractivity contribution >= 4 is 12.6 Å². The van der Waals surface area contributed by atoms with E-state index in [0.29, 0.717) is 5.56 Å². The Bertz CT molecular complexity index is 656. The first-order valence-corrected chi connectivity index (χ1v) is 6.73. The molecule has 0 unspecified atom stereocenters. The van der Waals surface area contributed by atoms with Crippen LogP contribution in [0.3, 0.4) is 0 Å². The van der Waals surface area contributed by atoms with Gasteiger partial charge in [-0.15, -0.1) is 0 Å². The van der Waals surface area contributed by atoms with Gasteiger partial charge in [0.05, 0.1) is 0 Å². The van der Waals surface area contributed by atoms with Crippen LogP contribution in [0, 0.1) is 26.6 Å². The molecule has 2 aromatic carbocycles. The molecule has 110 valence electrons. The number of halogens is 1. The van der Waals surface area contributed by atoms with Gasteiger partial charge < -0.3 is 14.8 Å². The molecule has 0 heterocycles. The number of aryl methyl sites for hydroxylation is 2. The summed E-state index contributed by atoms with van der Waals surface area (Å²) in [4.78, 5) is 0. The van der Waals surface area contributed by atoms with Crippen LogP contribution < -0.4 is 10.2 Å². The fraction of sp³-hybridized carbons (Fsp3) is 0.250. The van der Waals surface area contributed by atoms with E-state index in [1.54, 1.807) is 0 Å². The Labute approximate surface area is 124 Å². The number of benzene rings is 2. The van der Waals surface area contributed by atoms with Gasteiger partial charge in [0.25, 0.3) is 0 Å². The molecule has 0 amide bonds. The Morgan fingerprint density at radius 1 is 1.10 bits per heavy atom. The molecule has 2 rings (SSSR count). The molecule has 3 nitrogen and oxygen atoms in total. The highest BCUT2D eigenvalue weighted by molar-refractivity contribution is 6.58. The first kappa shape index (κ1) is 15.5. The zero-order chi connectivity index (χ0) is 15.6. The van der Waals surface area contributed by atoms with Gasteiger partial charge in [-0.3, -0.25) is 0 Å². The fourth-order valence-corrected chi connectivity index (χ4v) is 2.15. The van der Waals surface area contributed by atoms with Crippen molar-refractivity contribution in [3.8, 4) is 5.75 Å². The predicted molar refractivity (Wildman–Crippen MR) is 81.2 cm³/mol. The van der Waals surface area contributed by atoms with Gasteiger partial charge in [-0.1, -0.05) is 18.2 Å². The summed E-state index contributed by atoms with van der Waals surface area (Å²) >= 11 is 0. The van der Waals surface area contributed by atoms with Crippen LogP contribution in [0.25, 0.3) is 0 Å². The Hall–Kier alpha value is -1.85. The van der Waals surface area contributed by atoms with Gasteiger partial charge in [-0.05, 0) is 55.1 Å². The molecule has 0 radical (unpaired) electrons. The summed E-state index contributed by atoms with van der Waals surface area (Å²) in [5.74, 6) is 0.223. The molecular formula is C16H18BFO3. The third kappa shape index (κ3) is 3.62. The van der Waals surface area contributed by atoms with Gasteiger partial charge in [0.1, 0.15) is 18.2 Å². The lowest BCUT2D eigenvalue weighted by Crippen LogP contribution is -2.30. The average Bonchev–Trinajstić information content (AvgIpc) is 2.42. The summed E-state index contributed by atoms with van der Waals surface area (Å²) in [7, 11) is -1.67. The molecule has 0 aliphatic rings. The molecule has 0 aromatic heterocycles. The minimum Gasteiger partial charge on any atom is -0.489 e. The lowest BCUT2D eigenvalue weighted by molar-refractivity contribution is 0.297. The molecule has 0 aliphatic heterocycles. The second-order valence-corrected chi connectivity index (χ2v) is 5.22. The van der Waals surface area contributed by atoms with E-state index in [1.807, 2.05) is 26.8 Å². The summed E-state index contributed by atoms with van der Waals surface area (Å²) in [5.41, 5.74) is 3.75. The first-order valence-electron chi connectivity index (χ1n) is 6.73. The van der Waals surface area contributed by atoms with Gasteiger partial charge in [-0.25, -0.2) is 4.39 Å². The molecule has 21 heavy (non-hydrogen) atoms. The van der Waals surface area contributed by atoms with Crippen LogP contribution in [0.5, 0.6) is 5.75 Å². The molecule has 0 spiro atoms. The quantitative estimate of drug-likeness (QED) is 0.846. The minimum atomic E-state index is -1.67. The SMILES string of the molecule is Cc1cc(C)c(C)c(OCc2ccc(B(O)O)cc2F)c1. The van der Waals surface area contributed by atoms with Crippen molar-refractivity contribution in [3.05, 3.63) is 58.4 Å². The van der Waals surface area contributed by atoms with E-state index in [9.17, 15) is 4.39 Å². The normalized spacial score (nSPS) is 10.6. The summed E-state index contributed by atoms with van der Waals surface area (Å²) < 4.78 is 19.6. The van der Waals surface area contributed by atoms with Crippen LogP contribution in [0.1, 0.15) is 22.3 Å². The standard InChI is InChI=1S/C16H18BFO3/c1-10-6-11(2)12(3)16(7-10)21-9-13-4-5-14(17(19)20)8-15(13)18/h4-8,19-20H,9H2,1-3H3. The predicted octanol–water partition coefficient (Wildman–Crippen LogP) is 2.01. The maximum atomic E-state index is 13.9. The monoisotopic (exact) mass is 288 g/mol. The molecule has 5 heteroatoms. The summed E-state index contributed by atoms with van der Waals surface area (Å²) in [6.07, 6.45) is 0. The number of ether oxygens (including phenoxy) is 1. The zero-order valence-corrected chi connectivity index (χ0v) is 12.4. The Kier molecular flexibility index (Phi) is 4.65. The second kappa shape index (κ2) is 6.29. The Balaban J connectivity index is 2.17. The van der Waals surface area contributed by atoms with E-state index in [0.717, 1.165) is 28.5 Å². The lowest BCUT2D eigenvalue weighted by atomic mass is 9.80. The van der Waals surface area contributed by atoms with Crippen molar-refractivity contribution in [2.24, 2.45) is 0 Å². The molecular weight excluding hydrogens is 270 g/mol. The second-order valence-electron chi connectivity index (χ2n) is 5.22. The van der Waals surface area contributed by atoms with Crippen molar-refractivity contribution in [3.63, 3.8) is 0 Å². The van der Waals surface area contributed by atoms with Gasteiger partial charge >= 0.3 is 7.12 Å². The number of rotatable bonds is 4. The highest BCUT2D eigenvalue weighted by atomic mass is 19.1. The maximum Gasteiger partial charge on any atom is 0.488 e. The Morgan fingerprint density at radius 3 is 2.43 bits per heavy atom. The topological polar surface area (TPSA) is 49.7 Å². The third-order valence-electron chi connectivity index (χ3n) is 3.52. The summed E-state index contributed by atoms with van der Waals surface area (Å²) in [6, 6.07) is 8.08. The van der Waals surface area contributed by atoms with E-state index in [4.69, 9.17) is 14.8 Å². The average molecular weight is 288 g/mol. The van der Waals surface area contributed by atoms with Crippen LogP contribution in [0.2, 0.25) is 0 Å². The van der Waals surface area contributed by atoms with Gasteiger partial charge in [0.15, 0.2) is 0 Å². The maximum absolute atomic E-state index is 13.9. The van der Waals surface area contributed by atoms with Gasteiger partial charge in [0, 0.05) is 5.56 Å². The van der Waals surface area contributed by atoms with Crippen LogP contribution in [0.15, 0.2) is 30.3 Å².